The highest BCUT2D eigenvalue weighted by molar-refractivity contribution is 4.76. The molecule has 0 aliphatic heterocycles. The van der Waals surface area contributed by atoms with Crippen LogP contribution in [0.2, 0.25) is 0 Å². The summed E-state index contributed by atoms with van der Waals surface area (Å²) in [4.78, 5) is 0. The smallest absolute Gasteiger partial charge is 0.0354 e. The molecule has 0 saturated heterocycles. The lowest BCUT2D eigenvalue weighted by Crippen LogP contribution is -2.23. The topological polar surface area (TPSA) is 0 Å². The van der Waals surface area contributed by atoms with Gasteiger partial charge in [-0.05, 0) is 41.9 Å². The molecule has 0 heteroatoms. The van der Waals surface area contributed by atoms with Gasteiger partial charge in [0.15, 0.2) is 0 Å². The highest BCUT2D eigenvalue weighted by atomic mass is 14.3. The Balaban J connectivity index is 4.34. The third kappa shape index (κ3) is 6.81. The fourth-order valence-corrected chi connectivity index (χ4v) is 3.33. The molecule has 0 nitrogen and oxygen atoms in total. The van der Waals surface area contributed by atoms with E-state index in [2.05, 4.69) is 55.4 Å². The Labute approximate surface area is 117 Å². The Morgan fingerprint density at radius 3 is 1.78 bits per heavy atom. The Kier molecular flexibility index (Phi) is 8.23. The third-order valence-electron chi connectivity index (χ3n) is 4.71. The van der Waals surface area contributed by atoms with Crippen LogP contribution < -0.4 is 0 Å². The van der Waals surface area contributed by atoms with Gasteiger partial charge < -0.3 is 0 Å². The first-order valence-corrected chi connectivity index (χ1v) is 8.22. The van der Waals surface area contributed by atoms with Gasteiger partial charge in [-0.25, -0.2) is 0 Å². The quantitative estimate of drug-likeness (QED) is 0.461. The molecule has 3 atom stereocenters. The lowest BCUT2D eigenvalue weighted by atomic mass is 9.72. The minimum absolute atomic E-state index is 0.473. The standard InChI is InChI=1S/C18H38/c1-9-11-16(14(3)4)12-15(5)13-17(10-2)18(6,7)8/h14-17H,9-13H2,1-8H3. The third-order valence-corrected chi connectivity index (χ3v) is 4.71. The lowest BCUT2D eigenvalue weighted by molar-refractivity contribution is 0.172. The van der Waals surface area contributed by atoms with Gasteiger partial charge in [0.1, 0.15) is 0 Å². The molecule has 0 amide bonds. The van der Waals surface area contributed by atoms with Gasteiger partial charge in [0.05, 0.1) is 0 Å². The van der Waals surface area contributed by atoms with Crippen LogP contribution >= 0.6 is 0 Å². The molecule has 0 aromatic heterocycles. The van der Waals surface area contributed by atoms with Crippen LogP contribution in [-0.4, -0.2) is 0 Å². The molecular weight excluding hydrogens is 216 g/mol. The number of hydrogen-bond acceptors (Lipinski definition) is 0. The van der Waals surface area contributed by atoms with E-state index in [-0.39, 0.29) is 0 Å². The van der Waals surface area contributed by atoms with E-state index in [4.69, 9.17) is 0 Å². The van der Waals surface area contributed by atoms with E-state index < -0.39 is 0 Å². The summed E-state index contributed by atoms with van der Waals surface area (Å²) in [6.07, 6.45) is 6.92. The second-order valence-electron chi connectivity index (χ2n) is 7.84. The molecule has 0 heterocycles. The van der Waals surface area contributed by atoms with Crippen molar-refractivity contribution < 1.29 is 0 Å². The van der Waals surface area contributed by atoms with E-state index in [1.54, 1.807) is 0 Å². The average Bonchev–Trinajstić information content (AvgIpc) is 2.23. The zero-order valence-corrected chi connectivity index (χ0v) is 14.3. The second kappa shape index (κ2) is 8.23. The van der Waals surface area contributed by atoms with Gasteiger partial charge in [0.2, 0.25) is 0 Å². The van der Waals surface area contributed by atoms with Crippen molar-refractivity contribution >= 4 is 0 Å². The summed E-state index contributed by atoms with van der Waals surface area (Å²) in [6.45, 7) is 19.2. The Morgan fingerprint density at radius 1 is 0.889 bits per heavy atom. The molecule has 0 aromatic carbocycles. The molecule has 110 valence electrons. The van der Waals surface area contributed by atoms with Gasteiger partial charge in [-0.2, -0.15) is 0 Å². The maximum absolute atomic E-state index is 2.47. The van der Waals surface area contributed by atoms with Crippen LogP contribution in [0.1, 0.15) is 87.5 Å². The van der Waals surface area contributed by atoms with Crippen molar-refractivity contribution in [2.45, 2.75) is 87.5 Å². The summed E-state index contributed by atoms with van der Waals surface area (Å²) in [7, 11) is 0. The molecule has 0 spiro atoms. The monoisotopic (exact) mass is 254 g/mol. The highest BCUT2D eigenvalue weighted by Gasteiger charge is 2.26. The van der Waals surface area contributed by atoms with E-state index in [1.807, 2.05) is 0 Å². The first-order chi connectivity index (χ1) is 8.22. The van der Waals surface area contributed by atoms with E-state index in [0.29, 0.717) is 5.41 Å². The van der Waals surface area contributed by atoms with Gasteiger partial charge in [0.25, 0.3) is 0 Å². The van der Waals surface area contributed by atoms with Crippen LogP contribution in [0.3, 0.4) is 0 Å². The maximum Gasteiger partial charge on any atom is -0.0354 e. The maximum atomic E-state index is 2.47. The Morgan fingerprint density at radius 2 is 1.44 bits per heavy atom. The van der Waals surface area contributed by atoms with Gasteiger partial charge in [-0.3, -0.25) is 0 Å². The van der Waals surface area contributed by atoms with Crippen LogP contribution in [0.15, 0.2) is 0 Å². The molecular formula is C18H38. The lowest BCUT2D eigenvalue weighted by Gasteiger charge is -2.33. The zero-order valence-electron chi connectivity index (χ0n) is 14.3. The van der Waals surface area contributed by atoms with Crippen LogP contribution in [0, 0.1) is 29.1 Å². The molecule has 0 bridgehead atoms. The van der Waals surface area contributed by atoms with Gasteiger partial charge in [-0.15, -0.1) is 0 Å². The first kappa shape index (κ1) is 18.0. The van der Waals surface area contributed by atoms with Gasteiger partial charge >= 0.3 is 0 Å². The summed E-state index contributed by atoms with van der Waals surface area (Å²) < 4.78 is 0. The van der Waals surface area contributed by atoms with E-state index in [9.17, 15) is 0 Å². The summed E-state index contributed by atoms with van der Waals surface area (Å²) in [5.41, 5.74) is 0.473. The van der Waals surface area contributed by atoms with E-state index >= 15 is 0 Å². The molecule has 0 rings (SSSR count). The molecule has 0 saturated carbocycles. The van der Waals surface area contributed by atoms with E-state index in [1.165, 1.54) is 32.1 Å². The normalized spacial score (nSPS) is 17.8. The fourth-order valence-electron chi connectivity index (χ4n) is 3.33. The first-order valence-electron chi connectivity index (χ1n) is 8.22. The molecule has 0 N–H and O–H groups in total. The van der Waals surface area contributed by atoms with Crippen molar-refractivity contribution in [1.82, 2.24) is 0 Å². The predicted octanol–water partition coefficient (Wildman–Crippen LogP) is 6.55. The Bertz CT molecular complexity index is 197. The van der Waals surface area contributed by atoms with Crippen molar-refractivity contribution in [3.8, 4) is 0 Å². The summed E-state index contributed by atoms with van der Waals surface area (Å²) in [6, 6.07) is 0. The minimum atomic E-state index is 0.473. The largest absolute Gasteiger partial charge is 0.0654 e. The summed E-state index contributed by atoms with van der Waals surface area (Å²) >= 11 is 0. The fraction of sp³-hybridized carbons (Fsp3) is 1.00. The zero-order chi connectivity index (χ0) is 14.3. The molecule has 18 heavy (non-hydrogen) atoms. The predicted molar refractivity (Wildman–Crippen MR) is 84.9 cm³/mol. The molecule has 0 radical (unpaired) electrons. The summed E-state index contributed by atoms with van der Waals surface area (Å²) in [5.74, 6) is 3.54. The van der Waals surface area contributed by atoms with Crippen LogP contribution in [0.5, 0.6) is 0 Å². The minimum Gasteiger partial charge on any atom is -0.0654 e. The van der Waals surface area contributed by atoms with Crippen molar-refractivity contribution in [1.29, 1.82) is 0 Å². The van der Waals surface area contributed by atoms with Crippen molar-refractivity contribution in [2.24, 2.45) is 29.1 Å². The second-order valence-corrected chi connectivity index (χ2v) is 7.84. The molecule has 0 aliphatic rings. The summed E-state index contributed by atoms with van der Waals surface area (Å²) in [5, 5.41) is 0. The average molecular weight is 255 g/mol. The Hall–Kier alpha value is 0. The van der Waals surface area contributed by atoms with Gasteiger partial charge in [0, 0.05) is 0 Å². The molecule has 0 aromatic rings. The molecule has 3 unspecified atom stereocenters. The SMILES string of the molecule is CCCC(CC(C)CC(CC)C(C)(C)C)C(C)C. The van der Waals surface area contributed by atoms with Crippen LogP contribution in [-0.2, 0) is 0 Å². The number of rotatable bonds is 8. The number of hydrogen-bond donors (Lipinski definition) is 0. The van der Waals surface area contributed by atoms with Gasteiger partial charge in [-0.1, -0.05) is 74.7 Å². The van der Waals surface area contributed by atoms with Crippen molar-refractivity contribution in [3.63, 3.8) is 0 Å². The van der Waals surface area contributed by atoms with Crippen LogP contribution in [0.25, 0.3) is 0 Å². The highest BCUT2D eigenvalue weighted by Crippen LogP contribution is 2.36. The van der Waals surface area contributed by atoms with E-state index in [0.717, 1.165) is 23.7 Å². The molecule has 0 fully saturated rings. The van der Waals surface area contributed by atoms with Crippen molar-refractivity contribution in [3.05, 3.63) is 0 Å². The van der Waals surface area contributed by atoms with Crippen LogP contribution in [0.4, 0.5) is 0 Å². The van der Waals surface area contributed by atoms with Crippen molar-refractivity contribution in [2.75, 3.05) is 0 Å². The molecule has 0 aliphatic carbocycles.